The third-order valence-corrected chi connectivity index (χ3v) is 2.70. The van der Waals surface area contributed by atoms with Gasteiger partial charge in [-0.05, 0) is 17.7 Å². The minimum atomic E-state index is -0.216. The third-order valence-electron chi connectivity index (χ3n) is 2.17. The van der Waals surface area contributed by atoms with Gasteiger partial charge in [0.15, 0.2) is 0 Å². The van der Waals surface area contributed by atoms with Gasteiger partial charge in [-0.3, -0.25) is 4.68 Å². The highest BCUT2D eigenvalue weighted by molar-refractivity contribution is 9.10. The maximum absolute atomic E-state index is 6.05. The molecule has 0 radical (unpaired) electrons. The second-order valence-corrected chi connectivity index (χ2v) is 4.26. The summed E-state index contributed by atoms with van der Waals surface area (Å²) in [5.41, 5.74) is 7.85. The van der Waals surface area contributed by atoms with E-state index in [4.69, 9.17) is 5.73 Å². The van der Waals surface area contributed by atoms with E-state index in [1.165, 1.54) is 0 Å². The molecule has 1 heterocycles. The molecule has 0 aliphatic rings. The second-order valence-electron chi connectivity index (χ2n) is 3.35. The summed E-state index contributed by atoms with van der Waals surface area (Å²) in [6, 6.07) is 7.66. The summed E-state index contributed by atoms with van der Waals surface area (Å²) in [7, 11) is 1.82. The Morgan fingerprint density at radius 3 is 2.44 bits per heavy atom. The van der Waals surface area contributed by atoms with Crippen LogP contribution in [-0.2, 0) is 7.05 Å². The van der Waals surface area contributed by atoms with Gasteiger partial charge in [-0.25, -0.2) is 0 Å². The van der Waals surface area contributed by atoms with Crippen LogP contribution in [-0.4, -0.2) is 15.0 Å². The van der Waals surface area contributed by atoms with Gasteiger partial charge in [-0.15, -0.1) is 17.5 Å². The van der Waals surface area contributed by atoms with Crippen molar-refractivity contribution in [2.75, 3.05) is 0 Å². The highest BCUT2D eigenvalue weighted by atomic mass is 79.9. The first-order chi connectivity index (χ1) is 7.16. The molecule has 0 spiro atoms. The van der Waals surface area contributed by atoms with E-state index in [0.29, 0.717) is 0 Å². The van der Waals surface area contributed by atoms with E-state index in [1.807, 2.05) is 37.5 Å². The zero-order valence-electron chi connectivity index (χ0n) is 8.67. The molecule has 0 aliphatic heterocycles. The number of benzene rings is 1. The Morgan fingerprint density at radius 2 is 1.94 bits per heavy atom. The molecule has 0 aliphatic carbocycles. The van der Waals surface area contributed by atoms with Crippen molar-refractivity contribution in [1.82, 2.24) is 15.0 Å². The molecule has 86 valence electrons. The van der Waals surface area contributed by atoms with Crippen LogP contribution < -0.4 is 5.73 Å². The van der Waals surface area contributed by atoms with Gasteiger partial charge in [0.05, 0.1) is 12.2 Å². The topological polar surface area (TPSA) is 56.7 Å². The summed E-state index contributed by atoms with van der Waals surface area (Å²) in [5, 5.41) is 7.85. The van der Waals surface area contributed by atoms with Crippen molar-refractivity contribution in [3.05, 3.63) is 46.2 Å². The zero-order chi connectivity index (χ0) is 10.8. The summed E-state index contributed by atoms with van der Waals surface area (Å²) in [6.45, 7) is 0. The van der Waals surface area contributed by atoms with Gasteiger partial charge in [0, 0.05) is 11.5 Å². The van der Waals surface area contributed by atoms with Crippen LogP contribution in [0.3, 0.4) is 0 Å². The van der Waals surface area contributed by atoms with E-state index in [0.717, 1.165) is 15.7 Å². The van der Waals surface area contributed by atoms with Crippen molar-refractivity contribution in [1.29, 1.82) is 0 Å². The summed E-state index contributed by atoms with van der Waals surface area (Å²) >= 11 is 3.38. The minimum absolute atomic E-state index is 0. The molecular weight excluding hydrogens is 291 g/mol. The van der Waals surface area contributed by atoms with Crippen LogP contribution in [0.15, 0.2) is 34.9 Å². The first-order valence-electron chi connectivity index (χ1n) is 4.54. The molecule has 0 saturated heterocycles. The maximum atomic E-state index is 6.05. The number of nitrogens with two attached hydrogens (primary N) is 1. The fourth-order valence-electron chi connectivity index (χ4n) is 1.35. The highest BCUT2D eigenvalue weighted by Gasteiger charge is 2.11. The van der Waals surface area contributed by atoms with Gasteiger partial charge >= 0.3 is 0 Å². The van der Waals surface area contributed by atoms with Crippen molar-refractivity contribution in [2.24, 2.45) is 12.8 Å². The number of hydrogen-bond acceptors (Lipinski definition) is 3. The van der Waals surface area contributed by atoms with Gasteiger partial charge in [0.25, 0.3) is 0 Å². The van der Waals surface area contributed by atoms with Crippen LogP contribution in [0.25, 0.3) is 0 Å². The fraction of sp³-hybridized carbons (Fsp3) is 0.200. The van der Waals surface area contributed by atoms with E-state index in [9.17, 15) is 0 Å². The molecule has 4 nitrogen and oxygen atoms in total. The Labute approximate surface area is 108 Å². The molecule has 2 rings (SSSR count). The monoisotopic (exact) mass is 302 g/mol. The van der Waals surface area contributed by atoms with Gasteiger partial charge in [-0.2, -0.15) is 0 Å². The minimum Gasteiger partial charge on any atom is -0.319 e. The van der Waals surface area contributed by atoms with Crippen LogP contribution in [0, 0.1) is 0 Å². The SMILES string of the molecule is Cl.Cn1cc(C(N)c2ccc(Br)cc2)nn1. The molecule has 2 aromatic rings. The summed E-state index contributed by atoms with van der Waals surface area (Å²) in [6.07, 6.45) is 1.83. The third kappa shape index (κ3) is 2.81. The van der Waals surface area contributed by atoms with E-state index >= 15 is 0 Å². The molecular formula is C10H12BrClN4. The molecule has 1 atom stereocenters. The Balaban J connectivity index is 0.00000128. The van der Waals surface area contributed by atoms with Crippen LogP contribution in [0.5, 0.6) is 0 Å². The van der Waals surface area contributed by atoms with Crippen molar-refractivity contribution in [2.45, 2.75) is 6.04 Å². The van der Waals surface area contributed by atoms with E-state index in [-0.39, 0.29) is 18.4 Å². The normalized spacial score (nSPS) is 11.9. The molecule has 0 bridgehead atoms. The first kappa shape index (κ1) is 13.2. The van der Waals surface area contributed by atoms with Gasteiger partial charge < -0.3 is 5.73 Å². The van der Waals surface area contributed by atoms with E-state index in [1.54, 1.807) is 4.68 Å². The summed E-state index contributed by atoms with van der Waals surface area (Å²) in [5.74, 6) is 0. The predicted octanol–water partition coefficient (Wildman–Crippen LogP) is 2.05. The largest absolute Gasteiger partial charge is 0.319 e. The van der Waals surface area contributed by atoms with E-state index < -0.39 is 0 Å². The quantitative estimate of drug-likeness (QED) is 0.924. The Morgan fingerprint density at radius 1 is 1.31 bits per heavy atom. The molecule has 16 heavy (non-hydrogen) atoms. The van der Waals surface area contributed by atoms with E-state index in [2.05, 4.69) is 26.2 Å². The number of hydrogen-bond donors (Lipinski definition) is 1. The summed E-state index contributed by atoms with van der Waals surface area (Å²) < 4.78 is 2.69. The molecule has 6 heteroatoms. The molecule has 1 unspecified atom stereocenters. The average Bonchev–Trinajstić information content (AvgIpc) is 2.65. The average molecular weight is 304 g/mol. The van der Waals surface area contributed by atoms with Crippen molar-refractivity contribution in [3.8, 4) is 0 Å². The second kappa shape index (κ2) is 5.43. The number of rotatable bonds is 2. The maximum Gasteiger partial charge on any atom is 0.104 e. The van der Waals surface area contributed by atoms with Crippen LogP contribution in [0.1, 0.15) is 17.3 Å². The van der Waals surface area contributed by atoms with Gasteiger partial charge in [-0.1, -0.05) is 33.3 Å². The molecule has 1 aromatic carbocycles. The number of nitrogens with zero attached hydrogens (tertiary/aromatic N) is 3. The molecule has 1 aromatic heterocycles. The van der Waals surface area contributed by atoms with Crippen LogP contribution >= 0.6 is 28.3 Å². The van der Waals surface area contributed by atoms with Crippen molar-refractivity contribution in [3.63, 3.8) is 0 Å². The molecule has 0 fully saturated rings. The lowest BCUT2D eigenvalue weighted by atomic mass is 10.1. The lowest BCUT2D eigenvalue weighted by molar-refractivity contribution is 0.710. The number of aromatic nitrogens is 3. The Kier molecular flexibility index (Phi) is 4.46. The first-order valence-corrected chi connectivity index (χ1v) is 5.33. The Hall–Kier alpha value is -0.910. The molecule has 0 amide bonds. The van der Waals surface area contributed by atoms with Crippen LogP contribution in [0.2, 0.25) is 0 Å². The standard InChI is InChI=1S/C10H11BrN4.ClH/c1-15-6-9(13-14-15)10(12)7-2-4-8(11)5-3-7;/h2-6,10H,12H2,1H3;1H. The highest BCUT2D eigenvalue weighted by Crippen LogP contribution is 2.19. The fourth-order valence-corrected chi connectivity index (χ4v) is 1.61. The molecule has 0 saturated carbocycles. The zero-order valence-corrected chi connectivity index (χ0v) is 11.1. The lowest BCUT2D eigenvalue weighted by Gasteiger charge is -2.07. The number of halogens is 2. The lowest BCUT2D eigenvalue weighted by Crippen LogP contribution is -2.12. The molecule has 2 N–H and O–H groups in total. The summed E-state index contributed by atoms with van der Waals surface area (Å²) in [4.78, 5) is 0. The van der Waals surface area contributed by atoms with Crippen molar-refractivity contribution >= 4 is 28.3 Å². The number of aryl methyl sites for hydroxylation is 1. The predicted molar refractivity (Wildman–Crippen MR) is 68.4 cm³/mol. The van der Waals surface area contributed by atoms with Crippen LogP contribution in [0.4, 0.5) is 0 Å². The van der Waals surface area contributed by atoms with Gasteiger partial charge in [0.1, 0.15) is 5.69 Å². The van der Waals surface area contributed by atoms with Gasteiger partial charge in [0.2, 0.25) is 0 Å². The van der Waals surface area contributed by atoms with Crippen molar-refractivity contribution < 1.29 is 0 Å². The Bertz CT molecular complexity index is 454. The smallest absolute Gasteiger partial charge is 0.104 e.